The Morgan fingerprint density at radius 3 is 2.80 bits per heavy atom. The van der Waals surface area contributed by atoms with Crippen LogP contribution < -0.4 is 10.1 Å². The summed E-state index contributed by atoms with van der Waals surface area (Å²) in [5, 5.41) is 12.2. The van der Waals surface area contributed by atoms with Gasteiger partial charge in [-0.3, -0.25) is 9.59 Å². The minimum absolute atomic E-state index is 0.0901. The number of amides is 1. The van der Waals surface area contributed by atoms with Gasteiger partial charge in [0.15, 0.2) is 0 Å². The van der Waals surface area contributed by atoms with Gasteiger partial charge < -0.3 is 20.1 Å². The molecule has 1 amide bonds. The minimum atomic E-state index is -0.938. The van der Waals surface area contributed by atoms with Crippen molar-refractivity contribution < 1.29 is 19.4 Å². The van der Waals surface area contributed by atoms with Gasteiger partial charge in [-0.05, 0) is 24.3 Å². The zero-order valence-corrected chi connectivity index (χ0v) is 11.3. The van der Waals surface area contributed by atoms with Gasteiger partial charge in [0.05, 0.1) is 13.0 Å². The average Bonchev–Trinajstić information content (AvgIpc) is 2.86. The van der Waals surface area contributed by atoms with Gasteiger partial charge in [0.25, 0.3) is 5.91 Å². The van der Waals surface area contributed by atoms with E-state index in [4.69, 9.17) is 9.84 Å². The van der Waals surface area contributed by atoms with Crippen molar-refractivity contribution in [2.45, 2.75) is 6.92 Å². The van der Waals surface area contributed by atoms with E-state index in [0.717, 1.165) is 10.9 Å². The Balaban J connectivity index is 2.12. The molecule has 6 heteroatoms. The lowest BCUT2D eigenvalue weighted by atomic mass is 10.2. The fourth-order valence-electron chi connectivity index (χ4n) is 1.79. The highest BCUT2D eigenvalue weighted by molar-refractivity contribution is 5.98. The number of carbonyl (C=O) groups excluding carboxylic acids is 1. The van der Waals surface area contributed by atoms with Crippen LogP contribution >= 0.6 is 0 Å². The zero-order chi connectivity index (χ0) is 14.7. The molecule has 106 valence electrons. The van der Waals surface area contributed by atoms with E-state index in [2.05, 4.69) is 10.3 Å². The molecule has 0 saturated heterocycles. The van der Waals surface area contributed by atoms with Gasteiger partial charge in [0.1, 0.15) is 11.4 Å². The van der Waals surface area contributed by atoms with Crippen LogP contribution in [0.25, 0.3) is 10.9 Å². The number of carbonyl (C=O) groups is 2. The summed E-state index contributed by atoms with van der Waals surface area (Å²) in [6.07, 6.45) is 0. The molecule has 0 bridgehead atoms. The number of aliphatic carboxylic acids is 1. The molecule has 0 aliphatic carbocycles. The van der Waals surface area contributed by atoms with E-state index < -0.39 is 11.9 Å². The first-order chi connectivity index (χ1) is 9.51. The van der Waals surface area contributed by atoms with Crippen LogP contribution in [-0.4, -0.2) is 35.6 Å². The summed E-state index contributed by atoms with van der Waals surface area (Å²) >= 11 is 0. The van der Waals surface area contributed by atoms with Crippen molar-refractivity contribution in [2.75, 3.05) is 13.7 Å². The maximum atomic E-state index is 11.9. The van der Waals surface area contributed by atoms with Crippen LogP contribution in [0.2, 0.25) is 0 Å². The third-order valence-corrected chi connectivity index (χ3v) is 3.06. The third-order valence-electron chi connectivity index (χ3n) is 3.06. The predicted octanol–water partition coefficient (Wildman–Crippen LogP) is 1.63. The quantitative estimate of drug-likeness (QED) is 0.774. The standard InChI is InChI=1S/C14H16N2O4/c1-8(14(18)19)7-15-13(17)12-6-9-5-10(20-2)3-4-11(9)16-12/h3-6,8,16H,7H2,1-2H3,(H,15,17)(H,18,19). The second-order valence-corrected chi connectivity index (χ2v) is 4.59. The number of aromatic nitrogens is 1. The van der Waals surface area contributed by atoms with E-state index in [1.807, 2.05) is 12.1 Å². The number of fused-ring (bicyclic) bond motifs is 1. The largest absolute Gasteiger partial charge is 0.497 e. The van der Waals surface area contributed by atoms with Gasteiger partial charge in [-0.15, -0.1) is 0 Å². The van der Waals surface area contributed by atoms with Gasteiger partial charge in [-0.2, -0.15) is 0 Å². The second-order valence-electron chi connectivity index (χ2n) is 4.59. The SMILES string of the molecule is COc1ccc2[nH]c(C(=O)NCC(C)C(=O)O)cc2c1. The normalized spacial score (nSPS) is 12.1. The number of rotatable bonds is 5. The van der Waals surface area contributed by atoms with E-state index in [1.54, 1.807) is 26.2 Å². The molecule has 2 rings (SSSR count). The molecule has 0 aliphatic heterocycles. The van der Waals surface area contributed by atoms with Crippen molar-refractivity contribution in [1.82, 2.24) is 10.3 Å². The van der Waals surface area contributed by atoms with Crippen LogP contribution in [0.15, 0.2) is 24.3 Å². The molecule has 1 aromatic heterocycles. The number of H-pyrrole nitrogens is 1. The summed E-state index contributed by atoms with van der Waals surface area (Å²) in [4.78, 5) is 25.6. The Morgan fingerprint density at radius 2 is 2.15 bits per heavy atom. The number of methoxy groups -OCH3 is 1. The van der Waals surface area contributed by atoms with Crippen molar-refractivity contribution in [1.29, 1.82) is 0 Å². The third kappa shape index (κ3) is 2.90. The highest BCUT2D eigenvalue weighted by Crippen LogP contribution is 2.21. The van der Waals surface area contributed by atoms with E-state index >= 15 is 0 Å². The highest BCUT2D eigenvalue weighted by Gasteiger charge is 2.14. The molecule has 2 aromatic rings. The summed E-state index contributed by atoms with van der Waals surface area (Å²) in [5.74, 6) is -1.17. The Kier molecular flexibility index (Phi) is 3.93. The molecular weight excluding hydrogens is 260 g/mol. The molecule has 0 fully saturated rings. The minimum Gasteiger partial charge on any atom is -0.497 e. The summed E-state index contributed by atoms with van der Waals surface area (Å²) in [5.41, 5.74) is 1.22. The smallest absolute Gasteiger partial charge is 0.308 e. The molecule has 0 spiro atoms. The highest BCUT2D eigenvalue weighted by atomic mass is 16.5. The van der Waals surface area contributed by atoms with Gasteiger partial charge in [-0.25, -0.2) is 0 Å². The molecule has 20 heavy (non-hydrogen) atoms. The summed E-state index contributed by atoms with van der Waals surface area (Å²) in [6, 6.07) is 7.15. The molecule has 0 aliphatic rings. The van der Waals surface area contributed by atoms with Crippen LogP contribution in [-0.2, 0) is 4.79 Å². The molecule has 0 radical (unpaired) electrons. The molecule has 0 saturated carbocycles. The van der Waals surface area contributed by atoms with Gasteiger partial charge in [-0.1, -0.05) is 6.92 Å². The van der Waals surface area contributed by atoms with E-state index in [-0.39, 0.29) is 12.5 Å². The number of carboxylic acids is 1. The number of hydrogen-bond donors (Lipinski definition) is 3. The molecule has 1 unspecified atom stereocenters. The lowest BCUT2D eigenvalue weighted by molar-refractivity contribution is -0.140. The van der Waals surface area contributed by atoms with Crippen molar-refractivity contribution in [3.05, 3.63) is 30.0 Å². The first-order valence-electron chi connectivity index (χ1n) is 6.19. The number of hydrogen-bond acceptors (Lipinski definition) is 3. The maximum Gasteiger partial charge on any atom is 0.308 e. The first-order valence-corrected chi connectivity index (χ1v) is 6.19. The van der Waals surface area contributed by atoms with Crippen molar-refractivity contribution in [2.24, 2.45) is 5.92 Å². The zero-order valence-electron chi connectivity index (χ0n) is 11.3. The van der Waals surface area contributed by atoms with Crippen LogP contribution in [0, 0.1) is 5.92 Å². The molecule has 3 N–H and O–H groups in total. The van der Waals surface area contributed by atoms with Crippen molar-refractivity contribution >= 4 is 22.8 Å². The van der Waals surface area contributed by atoms with Crippen LogP contribution in [0.3, 0.4) is 0 Å². The topological polar surface area (TPSA) is 91.4 Å². The number of aromatic amines is 1. The molecule has 1 atom stereocenters. The Hall–Kier alpha value is -2.50. The van der Waals surface area contributed by atoms with Gasteiger partial charge >= 0.3 is 5.97 Å². The number of ether oxygens (including phenoxy) is 1. The lowest BCUT2D eigenvalue weighted by Gasteiger charge is -2.06. The fraction of sp³-hybridized carbons (Fsp3) is 0.286. The number of nitrogens with one attached hydrogen (secondary N) is 2. The summed E-state index contributed by atoms with van der Waals surface area (Å²) in [7, 11) is 1.58. The van der Waals surface area contributed by atoms with Gasteiger partial charge in [0.2, 0.25) is 0 Å². The summed E-state index contributed by atoms with van der Waals surface area (Å²) in [6.45, 7) is 1.63. The Morgan fingerprint density at radius 1 is 1.40 bits per heavy atom. The summed E-state index contributed by atoms with van der Waals surface area (Å²) < 4.78 is 5.12. The number of carboxylic acid groups (broad SMARTS) is 1. The van der Waals surface area contributed by atoms with E-state index in [0.29, 0.717) is 11.4 Å². The number of benzene rings is 1. The van der Waals surface area contributed by atoms with Gasteiger partial charge in [0, 0.05) is 17.4 Å². The Bertz CT molecular complexity index is 648. The second kappa shape index (κ2) is 5.64. The monoisotopic (exact) mass is 276 g/mol. The molecular formula is C14H16N2O4. The molecule has 1 aromatic carbocycles. The fourth-order valence-corrected chi connectivity index (χ4v) is 1.79. The van der Waals surface area contributed by atoms with Crippen LogP contribution in [0.1, 0.15) is 17.4 Å². The lowest BCUT2D eigenvalue weighted by Crippen LogP contribution is -2.31. The maximum absolute atomic E-state index is 11.9. The van der Waals surface area contributed by atoms with E-state index in [9.17, 15) is 9.59 Å². The predicted molar refractivity (Wildman–Crippen MR) is 74.0 cm³/mol. The molecule has 6 nitrogen and oxygen atoms in total. The van der Waals surface area contributed by atoms with Crippen molar-refractivity contribution in [3.8, 4) is 5.75 Å². The van der Waals surface area contributed by atoms with Crippen LogP contribution in [0.4, 0.5) is 0 Å². The van der Waals surface area contributed by atoms with Crippen molar-refractivity contribution in [3.63, 3.8) is 0 Å². The van der Waals surface area contributed by atoms with E-state index in [1.165, 1.54) is 0 Å². The van der Waals surface area contributed by atoms with Crippen LogP contribution in [0.5, 0.6) is 5.75 Å². The Labute approximate surface area is 115 Å². The molecule has 1 heterocycles. The first kappa shape index (κ1) is 13.9. The average molecular weight is 276 g/mol.